The number of nitrogen functional groups attached to an aromatic ring is 1. The van der Waals surface area contributed by atoms with Gasteiger partial charge in [0.1, 0.15) is 5.82 Å². The largest absolute Gasteiger partial charge is 0.396 e. The van der Waals surface area contributed by atoms with Gasteiger partial charge in [-0.05, 0) is 49.5 Å². The first kappa shape index (κ1) is 15.8. The van der Waals surface area contributed by atoms with Gasteiger partial charge < -0.3 is 10.6 Å². The molecule has 1 aromatic rings. The number of amides is 1. The molecule has 2 N–H and O–H groups in total. The Bertz CT molecular complexity index is 655. The number of halogens is 1. The van der Waals surface area contributed by atoms with Crippen LogP contribution in [0.15, 0.2) is 12.1 Å². The number of anilines is 1. The van der Waals surface area contributed by atoms with E-state index < -0.39 is 0 Å². The van der Waals surface area contributed by atoms with Gasteiger partial charge in [0.25, 0.3) is 0 Å². The highest BCUT2D eigenvalue weighted by molar-refractivity contribution is 5.74. The maximum Gasteiger partial charge on any atom is 0.219 e. The van der Waals surface area contributed by atoms with E-state index in [0.717, 1.165) is 39.0 Å². The first-order chi connectivity index (χ1) is 11.0. The molecular formula is C17H21FN4O. The molecular weight excluding hydrogens is 295 g/mol. The third kappa shape index (κ3) is 3.02. The Kier molecular flexibility index (Phi) is 4.22. The van der Waals surface area contributed by atoms with Crippen LogP contribution in [0.4, 0.5) is 10.1 Å². The second-order valence-corrected chi connectivity index (χ2v) is 6.47. The molecule has 2 fully saturated rings. The second-order valence-electron chi connectivity index (χ2n) is 6.47. The Morgan fingerprint density at radius 1 is 1.35 bits per heavy atom. The van der Waals surface area contributed by atoms with Crippen molar-refractivity contribution in [1.29, 1.82) is 5.26 Å². The molecule has 1 aromatic carbocycles. The van der Waals surface area contributed by atoms with Crippen molar-refractivity contribution in [2.75, 3.05) is 31.9 Å². The van der Waals surface area contributed by atoms with Gasteiger partial charge in [-0.1, -0.05) is 0 Å². The van der Waals surface area contributed by atoms with E-state index in [0.29, 0.717) is 17.2 Å². The molecule has 2 saturated heterocycles. The summed E-state index contributed by atoms with van der Waals surface area (Å²) in [6, 6.07) is 5.49. The predicted octanol–water partition coefficient (Wildman–Crippen LogP) is 1.69. The summed E-state index contributed by atoms with van der Waals surface area (Å²) in [4.78, 5) is 15.5. The molecule has 2 aliphatic heterocycles. The molecule has 122 valence electrons. The Labute approximate surface area is 135 Å². The number of carbonyl (C=O) groups is 1. The molecule has 0 radical (unpaired) electrons. The summed E-state index contributed by atoms with van der Waals surface area (Å²) >= 11 is 0. The van der Waals surface area contributed by atoms with Gasteiger partial charge in [0.05, 0.1) is 17.3 Å². The number of likely N-dealkylation sites (tertiary alicyclic amines) is 2. The van der Waals surface area contributed by atoms with Crippen molar-refractivity contribution in [3.05, 3.63) is 29.1 Å². The monoisotopic (exact) mass is 316 g/mol. The standard InChI is InChI=1S/C17H21FN4O/c1-11(23)22-9-14(10-22)21-4-2-13(3-5-21)15-6-12(8-19)7-16(20)17(15)18/h6-7,13-14H,2-5,9-10,20H2,1H3. The maximum atomic E-state index is 14.3. The molecule has 0 aromatic heterocycles. The topological polar surface area (TPSA) is 73.4 Å². The average molecular weight is 316 g/mol. The minimum atomic E-state index is -0.381. The highest BCUT2D eigenvalue weighted by Crippen LogP contribution is 2.34. The fraction of sp³-hybridized carbons (Fsp3) is 0.529. The Morgan fingerprint density at radius 2 is 2.00 bits per heavy atom. The zero-order valence-corrected chi connectivity index (χ0v) is 13.3. The van der Waals surface area contributed by atoms with Crippen molar-refractivity contribution in [3.8, 4) is 6.07 Å². The van der Waals surface area contributed by atoms with Gasteiger partial charge in [0, 0.05) is 26.1 Å². The van der Waals surface area contributed by atoms with Crippen molar-refractivity contribution in [2.24, 2.45) is 0 Å². The lowest BCUT2D eigenvalue weighted by Gasteiger charge is -2.47. The molecule has 0 aliphatic carbocycles. The minimum Gasteiger partial charge on any atom is -0.396 e. The van der Waals surface area contributed by atoms with Crippen LogP contribution in [0.25, 0.3) is 0 Å². The van der Waals surface area contributed by atoms with E-state index in [1.165, 1.54) is 6.07 Å². The van der Waals surface area contributed by atoms with Crippen LogP contribution in [0, 0.1) is 17.1 Å². The van der Waals surface area contributed by atoms with E-state index in [4.69, 9.17) is 11.0 Å². The van der Waals surface area contributed by atoms with Gasteiger partial charge in [-0.15, -0.1) is 0 Å². The number of benzene rings is 1. The summed E-state index contributed by atoms with van der Waals surface area (Å²) in [5.41, 5.74) is 6.72. The molecule has 23 heavy (non-hydrogen) atoms. The molecule has 0 unspecified atom stereocenters. The van der Waals surface area contributed by atoms with Crippen LogP contribution in [-0.2, 0) is 4.79 Å². The number of carbonyl (C=O) groups excluding carboxylic acids is 1. The Hall–Kier alpha value is -2.13. The molecule has 0 bridgehead atoms. The summed E-state index contributed by atoms with van der Waals surface area (Å²) in [7, 11) is 0. The van der Waals surface area contributed by atoms with Crippen LogP contribution >= 0.6 is 0 Å². The predicted molar refractivity (Wildman–Crippen MR) is 85.1 cm³/mol. The van der Waals surface area contributed by atoms with Crippen LogP contribution in [0.2, 0.25) is 0 Å². The van der Waals surface area contributed by atoms with E-state index >= 15 is 0 Å². The zero-order chi connectivity index (χ0) is 16.6. The van der Waals surface area contributed by atoms with E-state index in [-0.39, 0.29) is 23.3 Å². The number of rotatable bonds is 2. The summed E-state index contributed by atoms with van der Waals surface area (Å²) in [5, 5.41) is 9.03. The van der Waals surface area contributed by atoms with Gasteiger partial charge in [-0.25, -0.2) is 4.39 Å². The van der Waals surface area contributed by atoms with Gasteiger partial charge in [-0.2, -0.15) is 5.26 Å². The van der Waals surface area contributed by atoms with E-state index in [9.17, 15) is 9.18 Å². The van der Waals surface area contributed by atoms with Crippen molar-refractivity contribution in [3.63, 3.8) is 0 Å². The quantitative estimate of drug-likeness (QED) is 0.843. The Morgan fingerprint density at radius 3 is 2.57 bits per heavy atom. The number of nitrogens with two attached hydrogens (primary N) is 1. The summed E-state index contributed by atoms with van der Waals surface area (Å²) in [6.07, 6.45) is 1.70. The lowest BCUT2D eigenvalue weighted by Crippen LogP contribution is -2.61. The average Bonchev–Trinajstić information content (AvgIpc) is 2.49. The first-order valence-electron chi connectivity index (χ1n) is 7.98. The van der Waals surface area contributed by atoms with Gasteiger partial charge in [-0.3, -0.25) is 9.69 Å². The van der Waals surface area contributed by atoms with Crippen molar-refractivity contribution >= 4 is 11.6 Å². The van der Waals surface area contributed by atoms with Crippen LogP contribution in [0.3, 0.4) is 0 Å². The molecule has 2 aliphatic rings. The van der Waals surface area contributed by atoms with Gasteiger partial charge in [0.15, 0.2) is 0 Å². The van der Waals surface area contributed by atoms with Gasteiger partial charge >= 0.3 is 0 Å². The van der Waals surface area contributed by atoms with Crippen molar-refractivity contribution in [2.45, 2.75) is 31.7 Å². The van der Waals surface area contributed by atoms with E-state index in [2.05, 4.69) is 4.90 Å². The molecule has 6 heteroatoms. The summed E-state index contributed by atoms with van der Waals surface area (Å²) in [6.45, 7) is 4.96. The minimum absolute atomic E-state index is 0.0533. The zero-order valence-electron chi connectivity index (χ0n) is 13.3. The number of hydrogen-bond acceptors (Lipinski definition) is 4. The first-order valence-corrected chi connectivity index (χ1v) is 7.98. The highest BCUT2D eigenvalue weighted by Gasteiger charge is 2.35. The third-order valence-corrected chi connectivity index (χ3v) is 5.05. The maximum absolute atomic E-state index is 14.3. The summed E-state index contributed by atoms with van der Waals surface area (Å²) < 4.78 is 14.3. The fourth-order valence-electron chi connectivity index (χ4n) is 3.55. The third-order valence-electron chi connectivity index (χ3n) is 5.05. The summed E-state index contributed by atoms with van der Waals surface area (Å²) in [5.74, 6) is -0.151. The van der Waals surface area contributed by atoms with Crippen LogP contribution in [0.1, 0.15) is 36.8 Å². The van der Waals surface area contributed by atoms with Crippen molar-refractivity contribution in [1.82, 2.24) is 9.80 Å². The molecule has 1 amide bonds. The lowest BCUT2D eigenvalue weighted by molar-refractivity contribution is -0.136. The molecule has 0 atom stereocenters. The van der Waals surface area contributed by atoms with Crippen molar-refractivity contribution < 1.29 is 9.18 Å². The molecule has 0 saturated carbocycles. The Balaban J connectivity index is 1.63. The fourth-order valence-corrected chi connectivity index (χ4v) is 3.55. The number of nitrogens with zero attached hydrogens (tertiary/aromatic N) is 3. The SMILES string of the molecule is CC(=O)N1CC(N2CCC(c3cc(C#N)cc(N)c3F)CC2)C1. The smallest absolute Gasteiger partial charge is 0.219 e. The van der Waals surface area contributed by atoms with Gasteiger partial charge in [0.2, 0.25) is 5.91 Å². The number of piperidine rings is 1. The van der Waals surface area contributed by atoms with E-state index in [1.54, 1.807) is 13.0 Å². The molecule has 3 rings (SSSR count). The molecule has 0 spiro atoms. The molecule has 2 heterocycles. The van der Waals surface area contributed by atoms with Crippen LogP contribution in [0.5, 0.6) is 0 Å². The second kappa shape index (κ2) is 6.17. The highest BCUT2D eigenvalue weighted by atomic mass is 19.1. The van der Waals surface area contributed by atoms with Crippen LogP contribution < -0.4 is 5.73 Å². The number of hydrogen-bond donors (Lipinski definition) is 1. The van der Waals surface area contributed by atoms with E-state index in [1.807, 2.05) is 11.0 Å². The number of nitriles is 1. The normalized spacial score (nSPS) is 20.1. The van der Waals surface area contributed by atoms with Crippen LogP contribution in [-0.4, -0.2) is 47.9 Å². The lowest BCUT2D eigenvalue weighted by atomic mass is 9.87. The molecule has 5 nitrogen and oxygen atoms in total.